The Labute approximate surface area is 185 Å². The van der Waals surface area contributed by atoms with Crippen molar-refractivity contribution in [2.75, 3.05) is 11.9 Å². The monoisotopic (exact) mass is 429 g/mol. The van der Waals surface area contributed by atoms with Gasteiger partial charge in [0.25, 0.3) is 5.91 Å². The highest BCUT2D eigenvalue weighted by Gasteiger charge is 2.25. The van der Waals surface area contributed by atoms with Gasteiger partial charge in [-0.1, -0.05) is 36.4 Å². The molecule has 0 fully saturated rings. The van der Waals surface area contributed by atoms with Gasteiger partial charge in [0.2, 0.25) is 0 Å². The van der Waals surface area contributed by atoms with Gasteiger partial charge in [0.1, 0.15) is 5.56 Å². The molecule has 1 amide bonds. The van der Waals surface area contributed by atoms with Crippen molar-refractivity contribution in [2.45, 2.75) is 20.8 Å². The van der Waals surface area contributed by atoms with Crippen LogP contribution in [0.1, 0.15) is 39.0 Å². The molecular weight excluding hydrogens is 406 g/mol. The number of benzene rings is 2. The van der Waals surface area contributed by atoms with E-state index in [0.29, 0.717) is 22.6 Å². The number of carbonyl (C=O) groups excluding carboxylic acids is 2. The molecular formula is C24H23N5O3. The first-order valence-corrected chi connectivity index (χ1v) is 10.2. The van der Waals surface area contributed by atoms with Gasteiger partial charge in [-0.25, -0.2) is 14.2 Å². The minimum absolute atomic E-state index is 0.176. The number of aryl methyl sites for hydroxylation is 1. The molecule has 0 spiro atoms. The van der Waals surface area contributed by atoms with Crippen molar-refractivity contribution in [1.29, 1.82) is 0 Å². The zero-order chi connectivity index (χ0) is 22.7. The summed E-state index contributed by atoms with van der Waals surface area (Å²) in [5, 5.41) is 11.7. The normalized spacial score (nSPS) is 10.7. The topological polar surface area (TPSA) is 91.0 Å². The number of aromatic nitrogens is 4. The van der Waals surface area contributed by atoms with Crippen molar-refractivity contribution in [3.63, 3.8) is 0 Å². The summed E-state index contributed by atoms with van der Waals surface area (Å²) in [6, 6.07) is 18.8. The summed E-state index contributed by atoms with van der Waals surface area (Å²) in [6.45, 7) is 5.55. The average molecular weight is 429 g/mol. The maximum atomic E-state index is 13.4. The molecule has 0 aliphatic heterocycles. The van der Waals surface area contributed by atoms with E-state index in [4.69, 9.17) is 4.74 Å². The summed E-state index contributed by atoms with van der Waals surface area (Å²) < 4.78 is 8.39. The van der Waals surface area contributed by atoms with Crippen LogP contribution in [-0.2, 0) is 4.74 Å². The van der Waals surface area contributed by atoms with E-state index >= 15 is 0 Å². The van der Waals surface area contributed by atoms with E-state index < -0.39 is 5.97 Å². The second-order valence-corrected chi connectivity index (χ2v) is 7.12. The first-order valence-electron chi connectivity index (χ1n) is 10.2. The van der Waals surface area contributed by atoms with E-state index in [-0.39, 0.29) is 23.9 Å². The van der Waals surface area contributed by atoms with E-state index in [0.717, 1.165) is 5.69 Å². The van der Waals surface area contributed by atoms with E-state index in [2.05, 4.69) is 15.5 Å². The summed E-state index contributed by atoms with van der Waals surface area (Å²) >= 11 is 0. The van der Waals surface area contributed by atoms with E-state index in [1.54, 1.807) is 18.5 Å². The Morgan fingerprint density at radius 2 is 1.53 bits per heavy atom. The van der Waals surface area contributed by atoms with E-state index in [1.807, 2.05) is 67.6 Å². The number of carbonyl (C=O) groups is 2. The second-order valence-electron chi connectivity index (χ2n) is 7.12. The molecule has 2 heterocycles. The van der Waals surface area contributed by atoms with Crippen LogP contribution in [0.25, 0.3) is 11.4 Å². The Kier molecular flexibility index (Phi) is 5.85. The third-order valence-corrected chi connectivity index (χ3v) is 5.02. The minimum Gasteiger partial charge on any atom is -0.462 e. The molecule has 1 N–H and O–H groups in total. The van der Waals surface area contributed by atoms with Crippen LogP contribution in [0, 0.1) is 13.8 Å². The second kappa shape index (κ2) is 8.89. The molecule has 8 nitrogen and oxygen atoms in total. The smallest absolute Gasteiger partial charge is 0.343 e. The Morgan fingerprint density at radius 1 is 0.938 bits per heavy atom. The molecule has 0 radical (unpaired) electrons. The lowest BCUT2D eigenvalue weighted by Gasteiger charge is -2.11. The molecule has 0 saturated heterocycles. The summed E-state index contributed by atoms with van der Waals surface area (Å²) in [4.78, 5) is 25.9. The predicted octanol–water partition coefficient (Wildman–Crippen LogP) is 4.10. The molecule has 0 aliphatic rings. The van der Waals surface area contributed by atoms with E-state index in [1.165, 1.54) is 10.9 Å². The van der Waals surface area contributed by atoms with Crippen LogP contribution in [0.5, 0.6) is 0 Å². The highest BCUT2D eigenvalue weighted by atomic mass is 16.5. The largest absolute Gasteiger partial charge is 0.462 e. The Hall–Kier alpha value is -4.20. The number of anilines is 1. The Morgan fingerprint density at radius 3 is 2.12 bits per heavy atom. The number of rotatable bonds is 6. The van der Waals surface area contributed by atoms with Crippen LogP contribution in [0.4, 0.5) is 5.82 Å². The van der Waals surface area contributed by atoms with Crippen LogP contribution in [0.3, 0.4) is 0 Å². The Bertz CT molecular complexity index is 1260. The number of esters is 1. The third kappa shape index (κ3) is 3.90. The SMILES string of the molecule is CCOC(=O)c1cnn(-c2ccccc2)c1NC(=O)c1c(C)nn(-c2ccccc2)c1C. The molecule has 0 aliphatic carbocycles. The third-order valence-electron chi connectivity index (χ3n) is 5.02. The van der Waals surface area contributed by atoms with Gasteiger partial charge in [0.15, 0.2) is 5.82 Å². The van der Waals surface area contributed by atoms with Gasteiger partial charge < -0.3 is 10.1 Å². The van der Waals surface area contributed by atoms with Crippen molar-refractivity contribution in [3.05, 3.63) is 89.4 Å². The van der Waals surface area contributed by atoms with Crippen molar-refractivity contribution >= 4 is 17.7 Å². The van der Waals surface area contributed by atoms with E-state index in [9.17, 15) is 9.59 Å². The van der Waals surface area contributed by atoms with Gasteiger partial charge in [-0.15, -0.1) is 0 Å². The molecule has 162 valence electrons. The molecule has 0 bridgehead atoms. The summed E-state index contributed by atoms with van der Waals surface area (Å²) in [5.41, 5.74) is 3.43. The number of para-hydroxylation sites is 2. The van der Waals surface area contributed by atoms with Crippen LogP contribution in [0.15, 0.2) is 66.9 Å². The molecule has 4 aromatic rings. The highest BCUT2D eigenvalue weighted by Crippen LogP contribution is 2.24. The molecule has 0 atom stereocenters. The highest BCUT2D eigenvalue weighted by molar-refractivity contribution is 6.08. The van der Waals surface area contributed by atoms with Gasteiger partial charge in [0, 0.05) is 0 Å². The maximum absolute atomic E-state index is 13.4. The van der Waals surface area contributed by atoms with Gasteiger partial charge in [-0.05, 0) is 45.0 Å². The number of nitrogens with one attached hydrogen (secondary N) is 1. The fourth-order valence-corrected chi connectivity index (χ4v) is 3.55. The lowest BCUT2D eigenvalue weighted by Crippen LogP contribution is -2.19. The molecule has 8 heteroatoms. The number of hydrogen-bond acceptors (Lipinski definition) is 5. The van der Waals surface area contributed by atoms with Crippen LogP contribution < -0.4 is 5.32 Å². The average Bonchev–Trinajstić information content (AvgIpc) is 3.35. The van der Waals surface area contributed by atoms with Crippen LogP contribution in [-0.4, -0.2) is 38.0 Å². The van der Waals surface area contributed by atoms with Crippen LogP contribution in [0.2, 0.25) is 0 Å². The molecule has 0 unspecified atom stereocenters. The number of hydrogen-bond donors (Lipinski definition) is 1. The lowest BCUT2D eigenvalue weighted by molar-refractivity contribution is 0.0527. The zero-order valence-corrected chi connectivity index (χ0v) is 18.1. The van der Waals surface area contributed by atoms with Crippen molar-refractivity contribution in [1.82, 2.24) is 19.6 Å². The quantitative estimate of drug-likeness (QED) is 0.466. The molecule has 0 saturated carbocycles. The molecule has 4 rings (SSSR count). The van der Waals surface area contributed by atoms with Crippen molar-refractivity contribution in [3.8, 4) is 11.4 Å². The standard InChI is InChI=1S/C24H23N5O3/c1-4-32-24(31)20-15-25-29(19-13-9-6-10-14-19)22(20)26-23(30)21-16(2)27-28(17(21)3)18-11-7-5-8-12-18/h5-15H,4H2,1-3H3,(H,26,30). The summed E-state index contributed by atoms with van der Waals surface area (Å²) in [5.74, 6) is -0.699. The first kappa shape index (κ1) is 21.0. The van der Waals surface area contributed by atoms with Crippen molar-refractivity contribution < 1.29 is 14.3 Å². The first-order chi connectivity index (χ1) is 15.5. The summed E-state index contributed by atoms with van der Waals surface area (Å²) in [6.07, 6.45) is 1.40. The van der Waals surface area contributed by atoms with Crippen LogP contribution >= 0.6 is 0 Å². The number of amides is 1. The fourth-order valence-electron chi connectivity index (χ4n) is 3.55. The lowest BCUT2D eigenvalue weighted by atomic mass is 10.1. The van der Waals surface area contributed by atoms with Crippen molar-refractivity contribution in [2.24, 2.45) is 0 Å². The molecule has 32 heavy (non-hydrogen) atoms. The Balaban J connectivity index is 1.74. The number of nitrogens with zero attached hydrogens (tertiary/aromatic N) is 4. The molecule has 2 aromatic heterocycles. The zero-order valence-electron chi connectivity index (χ0n) is 18.1. The fraction of sp³-hybridized carbons (Fsp3) is 0.167. The molecule has 2 aromatic carbocycles. The van der Waals surface area contributed by atoms with Gasteiger partial charge in [-0.2, -0.15) is 10.2 Å². The van der Waals surface area contributed by atoms with Gasteiger partial charge in [0.05, 0.1) is 41.1 Å². The predicted molar refractivity (Wildman–Crippen MR) is 121 cm³/mol. The number of ether oxygens (including phenoxy) is 1. The van der Waals surface area contributed by atoms with Gasteiger partial charge >= 0.3 is 5.97 Å². The van der Waals surface area contributed by atoms with Gasteiger partial charge in [-0.3, -0.25) is 4.79 Å². The maximum Gasteiger partial charge on any atom is 0.343 e. The summed E-state index contributed by atoms with van der Waals surface area (Å²) in [7, 11) is 0. The minimum atomic E-state index is -0.557.